The number of carbonyl (C=O) groups excluding carboxylic acids is 4. The van der Waals surface area contributed by atoms with Crippen LogP contribution in [0.5, 0.6) is 0 Å². The fourth-order valence-corrected chi connectivity index (χ4v) is 5.48. The van der Waals surface area contributed by atoms with Crippen molar-refractivity contribution in [3.63, 3.8) is 0 Å². The van der Waals surface area contributed by atoms with E-state index in [1.165, 1.54) is 0 Å². The summed E-state index contributed by atoms with van der Waals surface area (Å²) < 4.78 is 21.9. The molecule has 5 rings (SSSR count). The van der Waals surface area contributed by atoms with Crippen molar-refractivity contribution >= 4 is 23.9 Å². The smallest absolute Gasteiger partial charge is 0.321 e. The Morgan fingerprint density at radius 1 is 0.789 bits per heavy atom. The van der Waals surface area contributed by atoms with E-state index in [2.05, 4.69) is 0 Å². The Morgan fingerprint density at radius 2 is 1.37 bits per heavy atom. The lowest BCUT2D eigenvalue weighted by atomic mass is 9.74. The second kappa shape index (κ2) is 11.3. The fourth-order valence-electron chi connectivity index (χ4n) is 5.48. The summed E-state index contributed by atoms with van der Waals surface area (Å²) in [6.07, 6.45) is 4.16. The number of esters is 4. The van der Waals surface area contributed by atoms with Gasteiger partial charge in [-0.05, 0) is 48.5 Å². The summed E-state index contributed by atoms with van der Waals surface area (Å²) in [4.78, 5) is 49.7. The van der Waals surface area contributed by atoms with Gasteiger partial charge in [0.05, 0.1) is 6.10 Å². The van der Waals surface area contributed by atoms with E-state index in [9.17, 15) is 19.2 Å². The van der Waals surface area contributed by atoms with Gasteiger partial charge >= 0.3 is 23.9 Å². The third-order valence-electron chi connectivity index (χ3n) is 7.32. The van der Waals surface area contributed by atoms with Crippen molar-refractivity contribution in [2.24, 2.45) is 11.8 Å². The quantitative estimate of drug-likeness (QED) is 0.182. The second-order valence-corrected chi connectivity index (χ2v) is 9.96. The van der Waals surface area contributed by atoms with Crippen molar-refractivity contribution in [3.8, 4) is 0 Å². The maximum atomic E-state index is 12.5. The van der Waals surface area contributed by atoms with Gasteiger partial charge in [-0.1, -0.05) is 60.7 Å². The molecule has 0 unspecified atom stereocenters. The number of carbonyl (C=O) groups is 4. The number of fused-ring (bicyclic) bond motifs is 5. The molecule has 0 amide bonds. The normalized spacial score (nSPS) is 25.1. The number of cyclic esters (lactones) is 2. The van der Waals surface area contributed by atoms with Gasteiger partial charge in [0.25, 0.3) is 0 Å². The minimum Gasteiger partial charge on any atom is -0.462 e. The molecular formula is C30H30O8. The average molecular weight is 519 g/mol. The SMILES string of the molecule is O=C(CCCc1ccccc1)OCC1=C[C@]2(COC(=O)CCCc3ccccc3)O[C@H]1[C@H]1C(=O)OC(=O)[C@H]12. The van der Waals surface area contributed by atoms with Crippen LogP contribution in [0.3, 0.4) is 0 Å². The highest BCUT2D eigenvalue weighted by molar-refractivity contribution is 5.99. The molecule has 198 valence electrons. The zero-order valence-electron chi connectivity index (χ0n) is 21.0. The molecular weight excluding hydrogens is 488 g/mol. The summed E-state index contributed by atoms with van der Waals surface area (Å²) in [7, 11) is 0. The number of rotatable bonds is 12. The Morgan fingerprint density at radius 3 is 1.97 bits per heavy atom. The van der Waals surface area contributed by atoms with Crippen LogP contribution in [0.2, 0.25) is 0 Å². The molecule has 3 aliphatic heterocycles. The highest BCUT2D eigenvalue weighted by Crippen LogP contribution is 2.53. The lowest BCUT2D eigenvalue weighted by molar-refractivity contribution is -0.164. The lowest BCUT2D eigenvalue weighted by Gasteiger charge is -2.27. The zero-order chi connectivity index (χ0) is 26.5. The predicted molar refractivity (Wildman–Crippen MR) is 134 cm³/mol. The first-order valence-corrected chi connectivity index (χ1v) is 13.0. The van der Waals surface area contributed by atoms with E-state index in [1.54, 1.807) is 6.08 Å². The van der Waals surface area contributed by atoms with Gasteiger partial charge in [0.2, 0.25) is 0 Å². The van der Waals surface area contributed by atoms with Crippen LogP contribution in [0, 0.1) is 11.8 Å². The van der Waals surface area contributed by atoms with E-state index >= 15 is 0 Å². The first kappa shape index (κ1) is 25.9. The topological polar surface area (TPSA) is 105 Å². The van der Waals surface area contributed by atoms with E-state index in [1.807, 2.05) is 60.7 Å². The number of aryl methyl sites for hydroxylation is 2. The van der Waals surface area contributed by atoms with Gasteiger partial charge in [0.1, 0.15) is 30.7 Å². The van der Waals surface area contributed by atoms with Crippen LogP contribution in [0.1, 0.15) is 36.8 Å². The first-order valence-electron chi connectivity index (χ1n) is 13.0. The molecule has 0 aromatic heterocycles. The minimum absolute atomic E-state index is 0.0632. The number of hydrogen-bond acceptors (Lipinski definition) is 8. The second-order valence-electron chi connectivity index (χ2n) is 9.96. The molecule has 0 radical (unpaired) electrons. The van der Waals surface area contributed by atoms with Crippen LogP contribution in [0.4, 0.5) is 0 Å². The molecule has 38 heavy (non-hydrogen) atoms. The standard InChI is InChI=1S/C30H30O8/c31-23(15-7-13-20-9-3-1-4-10-20)35-18-22-17-30(26-25(27(22)38-30)28(33)37-29(26)34)19-36-24(32)16-8-14-21-11-5-2-6-12-21/h1-6,9-12,17,25-27H,7-8,13-16,18-19H2/t25-,26-,27+,30+/m0/s1. The summed E-state index contributed by atoms with van der Waals surface area (Å²) in [6, 6.07) is 19.7. The number of ether oxygens (including phenoxy) is 4. The van der Waals surface area contributed by atoms with Crippen LogP contribution in [0.25, 0.3) is 0 Å². The third-order valence-corrected chi connectivity index (χ3v) is 7.32. The van der Waals surface area contributed by atoms with Crippen LogP contribution >= 0.6 is 0 Å². The summed E-state index contributed by atoms with van der Waals surface area (Å²) >= 11 is 0. The Kier molecular flexibility index (Phi) is 7.69. The van der Waals surface area contributed by atoms with Crippen molar-refractivity contribution < 1.29 is 38.1 Å². The molecule has 0 spiro atoms. The van der Waals surface area contributed by atoms with Crippen LogP contribution < -0.4 is 0 Å². The Bertz CT molecular complexity index is 1220. The minimum atomic E-state index is -1.30. The molecule has 8 heteroatoms. The Hall–Kier alpha value is -3.78. The predicted octanol–water partition coefficient (Wildman–Crippen LogP) is 3.51. The van der Waals surface area contributed by atoms with Crippen molar-refractivity contribution in [2.45, 2.75) is 50.2 Å². The Labute approximate surface area is 220 Å². The molecule has 2 saturated heterocycles. The van der Waals surface area contributed by atoms with Crippen LogP contribution in [0.15, 0.2) is 72.3 Å². The molecule has 8 nitrogen and oxygen atoms in total. The average Bonchev–Trinajstić information content (AvgIpc) is 3.56. The summed E-state index contributed by atoms with van der Waals surface area (Å²) in [5.74, 6) is -3.84. The molecule has 0 aliphatic carbocycles. The van der Waals surface area contributed by atoms with Gasteiger partial charge in [-0.2, -0.15) is 0 Å². The molecule has 0 saturated carbocycles. The Balaban J connectivity index is 1.15. The lowest BCUT2D eigenvalue weighted by Crippen LogP contribution is -2.43. The van der Waals surface area contributed by atoms with E-state index < -0.39 is 41.4 Å². The molecule has 2 aromatic carbocycles. The van der Waals surface area contributed by atoms with Crippen LogP contribution in [-0.2, 0) is 51.0 Å². The zero-order valence-corrected chi connectivity index (χ0v) is 21.0. The molecule has 3 heterocycles. The molecule has 2 fully saturated rings. The molecule has 2 aromatic rings. The van der Waals surface area contributed by atoms with Gasteiger partial charge in [0, 0.05) is 12.8 Å². The molecule has 4 atom stereocenters. The summed E-state index contributed by atoms with van der Waals surface area (Å²) in [5.41, 5.74) is 1.56. The van der Waals surface area contributed by atoms with Gasteiger partial charge in [0.15, 0.2) is 0 Å². The third kappa shape index (κ3) is 5.55. The molecule has 3 aliphatic rings. The van der Waals surface area contributed by atoms with Crippen molar-refractivity contribution in [3.05, 3.63) is 83.4 Å². The molecule has 2 bridgehead atoms. The van der Waals surface area contributed by atoms with E-state index in [0.717, 1.165) is 24.0 Å². The highest BCUT2D eigenvalue weighted by atomic mass is 16.6. The summed E-state index contributed by atoms with van der Waals surface area (Å²) in [5, 5.41) is 0. The molecule has 0 N–H and O–H groups in total. The van der Waals surface area contributed by atoms with E-state index in [4.69, 9.17) is 18.9 Å². The first-order chi connectivity index (χ1) is 18.4. The van der Waals surface area contributed by atoms with Gasteiger partial charge < -0.3 is 18.9 Å². The van der Waals surface area contributed by atoms with Crippen molar-refractivity contribution in [1.82, 2.24) is 0 Å². The fraction of sp³-hybridized carbons (Fsp3) is 0.400. The van der Waals surface area contributed by atoms with Gasteiger partial charge in [-0.25, -0.2) is 0 Å². The van der Waals surface area contributed by atoms with Crippen LogP contribution in [-0.4, -0.2) is 48.8 Å². The highest BCUT2D eigenvalue weighted by Gasteiger charge is 2.69. The van der Waals surface area contributed by atoms with E-state index in [0.29, 0.717) is 18.4 Å². The summed E-state index contributed by atoms with van der Waals surface area (Å²) in [6.45, 7) is -0.280. The number of benzene rings is 2. The van der Waals surface area contributed by atoms with E-state index in [-0.39, 0.29) is 32.0 Å². The largest absolute Gasteiger partial charge is 0.462 e. The van der Waals surface area contributed by atoms with Gasteiger partial charge in [-0.15, -0.1) is 0 Å². The van der Waals surface area contributed by atoms with Crippen molar-refractivity contribution in [2.75, 3.05) is 13.2 Å². The van der Waals surface area contributed by atoms with Gasteiger partial charge in [-0.3, -0.25) is 19.2 Å². The maximum absolute atomic E-state index is 12.5. The van der Waals surface area contributed by atoms with Crippen molar-refractivity contribution in [1.29, 1.82) is 0 Å². The monoisotopic (exact) mass is 518 g/mol. The maximum Gasteiger partial charge on any atom is 0.321 e. The number of hydrogen-bond donors (Lipinski definition) is 0.